The standard InChI is InChI=1S/C13H20N2O/c1-16-13-4-2-11(3-5-13)6-7-14-8-12-9-15-10-12/h2-5,12,14-15H,6-10H2,1H3. The van der Waals surface area contributed by atoms with Crippen LogP contribution in [0, 0.1) is 5.92 Å². The van der Waals surface area contributed by atoms with Crippen molar-refractivity contribution in [1.82, 2.24) is 10.6 Å². The highest BCUT2D eigenvalue weighted by atomic mass is 16.5. The fraction of sp³-hybridized carbons (Fsp3) is 0.538. The lowest BCUT2D eigenvalue weighted by atomic mass is 10.0. The average molecular weight is 220 g/mol. The van der Waals surface area contributed by atoms with Crippen molar-refractivity contribution < 1.29 is 4.74 Å². The Morgan fingerprint density at radius 3 is 2.62 bits per heavy atom. The van der Waals surface area contributed by atoms with Crippen LogP contribution in [-0.2, 0) is 6.42 Å². The van der Waals surface area contributed by atoms with Crippen molar-refractivity contribution in [3.05, 3.63) is 29.8 Å². The Hall–Kier alpha value is -1.06. The van der Waals surface area contributed by atoms with E-state index in [1.165, 1.54) is 18.7 Å². The van der Waals surface area contributed by atoms with Crippen LogP contribution in [0.3, 0.4) is 0 Å². The van der Waals surface area contributed by atoms with Crippen LogP contribution in [0.4, 0.5) is 0 Å². The molecule has 3 heteroatoms. The van der Waals surface area contributed by atoms with Gasteiger partial charge in [0.05, 0.1) is 7.11 Å². The molecule has 0 unspecified atom stereocenters. The molecule has 0 bridgehead atoms. The molecule has 88 valence electrons. The van der Waals surface area contributed by atoms with E-state index in [-0.39, 0.29) is 0 Å². The maximum absolute atomic E-state index is 5.13. The highest BCUT2D eigenvalue weighted by molar-refractivity contribution is 5.27. The second-order valence-electron chi connectivity index (χ2n) is 4.33. The first kappa shape index (κ1) is 11.4. The average Bonchev–Trinajstić information content (AvgIpc) is 2.27. The Kier molecular flexibility index (Phi) is 4.19. The number of rotatable bonds is 6. The molecule has 1 fully saturated rings. The summed E-state index contributed by atoms with van der Waals surface area (Å²) in [4.78, 5) is 0. The second kappa shape index (κ2) is 5.87. The Labute approximate surface area is 97.2 Å². The highest BCUT2D eigenvalue weighted by Crippen LogP contribution is 2.11. The quantitative estimate of drug-likeness (QED) is 0.703. The van der Waals surface area contributed by atoms with Crippen molar-refractivity contribution in [3.63, 3.8) is 0 Å². The SMILES string of the molecule is COc1ccc(CCNCC2CNC2)cc1. The summed E-state index contributed by atoms with van der Waals surface area (Å²) in [5.41, 5.74) is 1.36. The van der Waals surface area contributed by atoms with Crippen LogP contribution in [0.2, 0.25) is 0 Å². The first-order valence-electron chi connectivity index (χ1n) is 5.93. The van der Waals surface area contributed by atoms with Crippen molar-refractivity contribution in [2.24, 2.45) is 5.92 Å². The van der Waals surface area contributed by atoms with Gasteiger partial charge >= 0.3 is 0 Å². The van der Waals surface area contributed by atoms with Gasteiger partial charge in [-0.2, -0.15) is 0 Å². The summed E-state index contributed by atoms with van der Waals surface area (Å²) >= 11 is 0. The van der Waals surface area contributed by atoms with Gasteiger partial charge in [0.2, 0.25) is 0 Å². The molecule has 0 saturated carbocycles. The van der Waals surface area contributed by atoms with Gasteiger partial charge in [-0.1, -0.05) is 12.1 Å². The summed E-state index contributed by atoms with van der Waals surface area (Å²) in [7, 11) is 1.70. The normalized spacial score (nSPS) is 15.8. The first-order chi connectivity index (χ1) is 7.88. The van der Waals surface area contributed by atoms with Crippen molar-refractivity contribution in [2.45, 2.75) is 6.42 Å². The largest absolute Gasteiger partial charge is 0.497 e. The van der Waals surface area contributed by atoms with Gasteiger partial charge in [-0.3, -0.25) is 0 Å². The van der Waals surface area contributed by atoms with Gasteiger partial charge in [-0.15, -0.1) is 0 Å². The maximum Gasteiger partial charge on any atom is 0.118 e. The predicted octanol–water partition coefficient (Wildman–Crippen LogP) is 1.05. The number of benzene rings is 1. The number of hydrogen-bond donors (Lipinski definition) is 2. The zero-order valence-corrected chi connectivity index (χ0v) is 9.83. The molecule has 0 amide bonds. The van der Waals surface area contributed by atoms with Crippen LogP contribution in [0.5, 0.6) is 5.75 Å². The van der Waals surface area contributed by atoms with Crippen LogP contribution >= 0.6 is 0 Å². The van der Waals surface area contributed by atoms with Gasteiger partial charge in [0, 0.05) is 19.6 Å². The minimum absolute atomic E-state index is 0.843. The number of hydrogen-bond acceptors (Lipinski definition) is 3. The van der Waals surface area contributed by atoms with E-state index in [0.29, 0.717) is 0 Å². The van der Waals surface area contributed by atoms with E-state index in [0.717, 1.165) is 31.2 Å². The van der Waals surface area contributed by atoms with Gasteiger partial charge in [0.1, 0.15) is 5.75 Å². The molecule has 1 heterocycles. The fourth-order valence-corrected chi connectivity index (χ4v) is 1.82. The first-order valence-corrected chi connectivity index (χ1v) is 5.93. The van der Waals surface area contributed by atoms with Gasteiger partial charge < -0.3 is 15.4 Å². The van der Waals surface area contributed by atoms with Gasteiger partial charge in [-0.25, -0.2) is 0 Å². The molecule has 1 aliphatic heterocycles. The lowest BCUT2D eigenvalue weighted by Crippen LogP contribution is -2.47. The molecule has 1 aromatic rings. The molecule has 1 saturated heterocycles. The van der Waals surface area contributed by atoms with E-state index < -0.39 is 0 Å². The fourth-order valence-electron chi connectivity index (χ4n) is 1.82. The summed E-state index contributed by atoms with van der Waals surface area (Å²) in [5, 5.41) is 6.77. The molecule has 3 nitrogen and oxygen atoms in total. The van der Waals surface area contributed by atoms with E-state index in [1.807, 2.05) is 12.1 Å². The van der Waals surface area contributed by atoms with Gasteiger partial charge in [0.15, 0.2) is 0 Å². The third-order valence-corrected chi connectivity index (χ3v) is 3.05. The van der Waals surface area contributed by atoms with Crippen molar-refractivity contribution in [1.29, 1.82) is 0 Å². The van der Waals surface area contributed by atoms with Crippen molar-refractivity contribution >= 4 is 0 Å². The van der Waals surface area contributed by atoms with Crippen LogP contribution in [0.15, 0.2) is 24.3 Å². The van der Waals surface area contributed by atoms with E-state index >= 15 is 0 Å². The minimum atomic E-state index is 0.843. The molecule has 1 aliphatic rings. The Bertz CT molecular complexity index is 306. The maximum atomic E-state index is 5.13. The summed E-state index contributed by atoms with van der Waals surface area (Å²) in [6, 6.07) is 8.30. The molecular weight excluding hydrogens is 200 g/mol. The molecular formula is C13H20N2O. The number of nitrogens with one attached hydrogen (secondary N) is 2. The number of ether oxygens (including phenoxy) is 1. The zero-order valence-electron chi connectivity index (χ0n) is 9.83. The lowest BCUT2D eigenvalue weighted by Gasteiger charge is -2.27. The zero-order chi connectivity index (χ0) is 11.2. The summed E-state index contributed by atoms with van der Waals surface area (Å²) in [6.45, 7) is 4.55. The predicted molar refractivity (Wildman–Crippen MR) is 65.9 cm³/mol. The molecule has 2 rings (SSSR count). The highest BCUT2D eigenvalue weighted by Gasteiger charge is 2.15. The third kappa shape index (κ3) is 3.22. The molecule has 0 atom stereocenters. The molecule has 16 heavy (non-hydrogen) atoms. The Morgan fingerprint density at radius 2 is 2.06 bits per heavy atom. The van der Waals surface area contributed by atoms with Crippen LogP contribution < -0.4 is 15.4 Å². The number of methoxy groups -OCH3 is 1. The molecule has 0 aliphatic carbocycles. The Morgan fingerprint density at radius 1 is 1.31 bits per heavy atom. The summed E-state index contributed by atoms with van der Waals surface area (Å²) < 4.78 is 5.13. The Balaban J connectivity index is 1.64. The molecule has 0 spiro atoms. The van der Waals surface area contributed by atoms with E-state index in [1.54, 1.807) is 7.11 Å². The van der Waals surface area contributed by atoms with Gasteiger partial charge in [0.25, 0.3) is 0 Å². The molecule has 0 radical (unpaired) electrons. The molecule has 2 N–H and O–H groups in total. The monoisotopic (exact) mass is 220 g/mol. The molecule has 1 aromatic carbocycles. The van der Waals surface area contributed by atoms with E-state index in [4.69, 9.17) is 4.74 Å². The van der Waals surface area contributed by atoms with E-state index in [2.05, 4.69) is 22.8 Å². The minimum Gasteiger partial charge on any atom is -0.497 e. The molecule has 0 aromatic heterocycles. The second-order valence-corrected chi connectivity index (χ2v) is 4.33. The summed E-state index contributed by atoms with van der Waals surface area (Å²) in [6.07, 6.45) is 1.09. The third-order valence-electron chi connectivity index (χ3n) is 3.05. The topological polar surface area (TPSA) is 33.3 Å². The van der Waals surface area contributed by atoms with Crippen molar-refractivity contribution in [2.75, 3.05) is 33.3 Å². The summed E-state index contributed by atoms with van der Waals surface area (Å²) in [5.74, 6) is 1.77. The van der Waals surface area contributed by atoms with Crippen molar-refractivity contribution in [3.8, 4) is 5.75 Å². The van der Waals surface area contributed by atoms with Crippen LogP contribution in [0.1, 0.15) is 5.56 Å². The smallest absolute Gasteiger partial charge is 0.118 e. The lowest BCUT2D eigenvalue weighted by molar-refractivity contribution is 0.333. The van der Waals surface area contributed by atoms with Crippen LogP contribution in [0.25, 0.3) is 0 Å². The van der Waals surface area contributed by atoms with Crippen LogP contribution in [-0.4, -0.2) is 33.3 Å². The van der Waals surface area contributed by atoms with E-state index in [9.17, 15) is 0 Å². The van der Waals surface area contributed by atoms with Gasteiger partial charge in [-0.05, 0) is 36.6 Å².